The number of benzene rings is 1. The molecule has 0 aliphatic rings. The van der Waals surface area contributed by atoms with Crippen molar-refractivity contribution in [3.63, 3.8) is 0 Å². The molecule has 2 N–H and O–H groups in total. The topological polar surface area (TPSA) is 55.5 Å². The Morgan fingerprint density at radius 3 is 2.14 bits per heavy atom. The Balaban J connectivity index is 2.75. The zero-order valence-electron chi connectivity index (χ0n) is 8.56. The smallest absolute Gasteiger partial charge is 0.0734 e. The summed E-state index contributed by atoms with van der Waals surface area (Å²) in [6.45, 7) is 1.06. The van der Waals surface area contributed by atoms with Crippen molar-refractivity contribution in [1.29, 1.82) is 0 Å². The predicted octanol–water partition coefficient (Wildman–Crippen LogP) is 1.37. The average Bonchev–Trinajstić information content (AvgIpc) is 2.14. The molecule has 78 valence electrons. The molecular weight excluding hydrogens is 196 g/mol. The van der Waals surface area contributed by atoms with Gasteiger partial charge in [-0.2, -0.15) is 0 Å². The van der Waals surface area contributed by atoms with Crippen LogP contribution in [0.1, 0.15) is 11.1 Å². The molecule has 0 spiro atoms. The normalized spacial score (nSPS) is 11.4. The molecule has 14 heavy (non-hydrogen) atoms. The van der Waals surface area contributed by atoms with Crippen molar-refractivity contribution < 1.29 is 4.21 Å². The summed E-state index contributed by atoms with van der Waals surface area (Å²) in [6.07, 6.45) is 3.28. The van der Waals surface area contributed by atoms with Crippen LogP contribution in [0.15, 0.2) is 28.6 Å². The minimum Gasteiger partial charge on any atom is -0.326 e. The number of nitrogens with two attached hydrogens (primary N) is 1. The van der Waals surface area contributed by atoms with E-state index >= 15 is 0 Å². The standard InChI is InChI=1S/C10H16N2OS/c1-14(2,13)12-8-10-5-3-9(7-11)4-6-10/h3-6H,7-8,11H2,1-2H3. The van der Waals surface area contributed by atoms with Crippen molar-refractivity contribution in [2.75, 3.05) is 12.5 Å². The molecule has 0 aliphatic heterocycles. The fraction of sp³-hybridized carbons (Fsp3) is 0.400. The first-order chi connectivity index (χ1) is 6.51. The molecule has 0 heterocycles. The highest BCUT2D eigenvalue weighted by atomic mass is 32.2. The molecule has 1 rings (SSSR count). The van der Waals surface area contributed by atoms with Crippen molar-refractivity contribution in [2.24, 2.45) is 10.1 Å². The Bertz CT molecular complexity index is 395. The van der Waals surface area contributed by atoms with Gasteiger partial charge in [-0.1, -0.05) is 24.3 Å². The van der Waals surface area contributed by atoms with Gasteiger partial charge in [-0.3, -0.25) is 4.21 Å². The van der Waals surface area contributed by atoms with Crippen LogP contribution in [-0.4, -0.2) is 16.7 Å². The van der Waals surface area contributed by atoms with Crippen molar-refractivity contribution in [3.8, 4) is 0 Å². The maximum Gasteiger partial charge on any atom is 0.0734 e. The molecule has 1 aromatic rings. The minimum absolute atomic E-state index is 0.511. The SMILES string of the molecule is CS(C)(=O)=NCc1ccc(CN)cc1. The third-order valence-corrected chi connectivity index (χ3v) is 2.57. The molecule has 0 bridgehead atoms. The van der Waals surface area contributed by atoms with Gasteiger partial charge in [0.05, 0.1) is 6.54 Å². The summed E-state index contributed by atoms with van der Waals surface area (Å²) >= 11 is 0. The summed E-state index contributed by atoms with van der Waals surface area (Å²) in [6, 6.07) is 7.88. The fourth-order valence-corrected chi connectivity index (χ4v) is 1.47. The van der Waals surface area contributed by atoms with Gasteiger partial charge in [-0.05, 0) is 11.1 Å². The second-order valence-electron chi connectivity index (χ2n) is 3.49. The van der Waals surface area contributed by atoms with Gasteiger partial charge in [-0.25, -0.2) is 4.36 Å². The van der Waals surface area contributed by atoms with E-state index in [1.54, 1.807) is 12.5 Å². The van der Waals surface area contributed by atoms with Gasteiger partial charge < -0.3 is 5.73 Å². The van der Waals surface area contributed by atoms with E-state index in [2.05, 4.69) is 4.36 Å². The van der Waals surface area contributed by atoms with Crippen LogP contribution in [0.4, 0.5) is 0 Å². The maximum absolute atomic E-state index is 11.3. The van der Waals surface area contributed by atoms with E-state index in [0.717, 1.165) is 11.1 Å². The Morgan fingerprint density at radius 2 is 1.71 bits per heavy atom. The van der Waals surface area contributed by atoms with Crippen molar-refractivity contribution in [1.82, 2.24) is 0 Å². The van der Waals surface area contributed by atoms with Crippen LogP contribution in [0.5, 0.6) is 0 Å². The summed E-state index contributed by atoms with van der Waals surface area (Å²) < 4.78 is 15.4. The monoisotopic (exact) mass is 212 g/mol. The van der Waals surface area contributed by atoms with E-state index in [9.17, 15) is 4.21 Å². The van der Waals surface area contributed by atoms with Gasteiger partial charge in [0, 0.05) is 28.8 Å². The van der Waals surface area contributed by atoms with Gasteiger partial charge in [0.2, 0.25) is 0 Å². The van der Waals surface area contributed by atoms with E-state index in [-0.39, 0.29) is 0 Å². The molecule has 0 amide bonds. The van der Waals surface area contributed by atoms with Crippen LogP contribution in [0.2, 0.25) is 0 Å². The van der Waals surface area contributed by atoms with Crippen molar-refractivity contribution in [2.45, 2.75) is 13.1 Å². The third kappa shape index (κ3) is 3.89. The van der Waals surface area contributed by atoms with Gasteiger partial charge in [0.1, 0.15) is 0 Å². The molecule has 0 atom stereocenters. The van der Waals surface area contributed by atoms with Gasteiger partial charge in [-0.15, -0.1) is 0 Å². The maximum atomic E-state index is 11.3. The summed E-state index contributed by atoms with van der Waals surface area (Å²) in [5.74, 6) is 0. The second-order valence-corrected chi connectivity index (χ2v) is 6.11. The quantitative estimate of drug-likeness (QED) is 0.822. The zero-order valence-corrected chi connectivity index (χ0v) is 9.38. The number of rotatable bonds is 3. The largest absolute Gasteiger partial charge is 0.326 e. The molecule has 0 aliphatic carbocycles. The first kappa shape index (κ1) is 11.2. The fourth-order valence-electron chi connectivity index (χ4n) is 1.01. The number of hydrogen-bond acceptors (Lipinski definition) is 3. The van der Waals surface area contributed by atoms with Crippen LogP contribution in [0.25, 0.3) is 0 Å². The first-order valence-electron chi connectivity index (χ1n) is 4.42. The number of nitrogens with zero attached hydrogens (tertiary/aromatic N) is 1. The lowest BCUT2D eigenvalue weighted by atomic mass is 10.1. The third-order valence-electron chi connectivity index (χ3n) is 1.82. The molecule has 1 aromatic carbocycles. The summed E-state index contributed by atoms with van der Waals surface area (Å²) in [7, 11) is -1.99. The van der Waals surface area contributed by atoms with E-state index in [1.165, 1.54) is 0 Å². The van der Waals surface area contributed by atoms with Gasteiger partial charge >= 0.3 is 0 Å². The zero-order chi connectivity index (χ0) is 10.6. The van der Waals surface area contributed by atoms with E-state index in [0.29, 0.717) is 13.1 Å². The highest BCUT2D eigenvalue weighted by molar-refractivity contribution is 7.92. The average molecular weight is 212 g/mol. The van der Waals surface area contributed by atoms with Crippen molar-refractivity contribution >= 4 is 9.73 Å². The second kappa shape index (κ2) is 4.57. The van der Waals surface area contributed by atoms with Crippen molar-refractivity contribution in [3.05, 3.63) is 35.4 Å². The van der Waals surface area contributed by atoms with Crippen LogP contribution in [-0.2, 0) is 22.8 Å². The van der Waals surface area contributed by atoms with Crippen LogP contribution in [0.3, 0.4) is 0 Å². The molecule has 4 heteroatoms. The van der Waals surface area contributed by atoms with Crippen LogP contribution in [0, 0.1) is 0 Å². The lowest BCUT2D eigenvalue weighted by Crippen LogP contribution is -1.96. The molecule has 0 saturated carbocycles. The molecule has 0 saturated heterocycles. The summed E-state index contributed by atoms with van der Waals surface area (Å²) in [5, 5.41) is 0. The highest BCUT2D eigenvalue weighted by Gasteiger charge is 1.94. The minimum atomic E-state index is -1.99. The van der Waals surface area contributed by atoms with Crippen LogP contribution >= 0.6 is 0 Å². The Hall–Kier alpha value is -0.870. The van der Waals surface area contributed by atoms with E-state index < -0.39 is 9.73 Å². The van der Waals surface area contributed by atoms with Gasteiger partial charge in [0.15, 0.2) is 0 Å². The Morgan fingerprint density at radius 1 is 1.21 bits per heavy atom. The summed E-state index contributed by atoms with van der Waals surface area (Å²) in [5.41, 5.74) is 7.64. The highest BCUT2D eigenvalue weighted by Crippen LogP contribution is 2.05. The van der Waals surface area contributed by atoms with Crippen LogP contribution < -0.4 is 5.73 Å². The molecule has 0 radical (unpaired) electrons. The molecule has 0 aromatic heterocycles. The first-order valence-corrected chi connectivity index (χ1v) is 6.75. The molecule has 0 unspecified atom stereocenters. The molecular formula is C10H16N2OS. The lowest BCUT2D eigenvalue weighted by molar-refractivity contribution is 0.682. The van der Waals surface area contributed by atoms with E-state index in [4.69, 9.17) is 5.73 Å². The van der Waals surface area contributed by atoms with E-state index in [1.807, 2.05) is 24.3 Å². The summed E-state index contributed by atoms with van der Waals surface area (Å²) in [4.78, 5) is 0. The predicted molar refractivity (Wildman–Crippen MR) is 60.5 cm³/mol. The molecule has 0 fully saturated rings. The lowest BCUT2D eigenvalue weighted by Gasteiger charge is -2.00. The Labute approximate surface area is 85.5 Å². The molecule has 3 nitrogen and oxygen atoms in total. The Kier molecular flexibility index (Phi) is 3.66. The van der Waals surface area contributed by atoms with Gasteiger partial charge in [0.25, 0.3) is 0 Å². The number of hydrogen-bond donors (Lipinski definition) is 1.